The first-order valence-electron chi connectivity index (χ1n) is 17.6. The average Bonchev–Trinajstić information content (AvgIpc) is 3.97. The first-order chi connectivity index (χ1) is 25.2. The van der Waals surface area contributed by atoms with Crippen LogP contribution >= 0.6 is 0 Å². The van der Waals surface area contributed by atoms with E-state index < -0.39 is 86.0 Å². The third-order valence-electron chi connectivity index (χ3n) is 10.1. The van der Waals surface area contributed by atoms with E-state index in [-0.39, 0.29) is 42.5 Å². The monoisotopic (exact) mass is 755 g/mol. The van der Waals surface area contributed by atoms with E-state index in [1.165, 1.54) is 23.3 Å². The van der Waals surface area contributed by atoms with Crippen LogP contribution in [0.25, 0.3) is 11.0 Å². The Balaban J connectivity index is 1.21. The van der Waals surface area contributed by atoms with Crippen LogP contribution in [0.4, 0.5) is 8.78 Å². The molecule has 3 aromatic rings. The van der Waals surface area contributed by atoms with E-state index in [1.54, 1.807) is 24.3 Å². The van der Waals surface area contributed by atoms with E-state index in [9.17, 15) is 36.4 Å². The molecule has 0 spiro atoms. The van der Waals surface area contributed by atoms with Gasteiger partial charge in [0.05, 0.1) is 22.8 Å². The summed E-state index contributed by atoms with van der Waals surface area (Å²) in [6.45, 7) is 0.389. The van der Waals surface area contributed by atoms with E-state index in [2.05, 4.69) is 30.5 Å². The Kier molecular flexibility index (Phi) is 9.67. The van der Waals surface area contributed by atoms with Gasteiger partial charge in [-0.3, -0.25) is 23.9 Å². The van der Waals surface area contributed by atoms with Crippen LogP contribution in [0.3, 0.4) is 0 Å². The number of benzene rings is 1. The Hall–Kier alpha value is -5.00. The molecule has 2 aliphatic carbocycles. The first-order valence-corrected chi connectivity index (χ1v) is 19.2. The Bertz CT molecular complexity index is 2050. The maximum absolute atomic E-state index is 14.9. The molecule has 0 bridgehead atoms. The lowest BCUT2D eigenvalue weighted by Gasteiger charge is -2.29. The van der Waals surface area contributed by atoms with Crippen LogP contribution in [0.5, 0.6) is 5.88 Å². The average molecular weight is 756 g/mol. The quantitative estimate of drug-likeness (QED) is 0.286. The minimum atomic E-state index is -3.96. The molecule has 2 aliphatic heterocycles. The number of nitrogens with zero attached hydrogens (tertiary/aromatic N) is 4. The van der Waals surface area contributed by atoms with Gasteiger partial charge in [-0.05, 0) is 50.7 Å². The van der Waals surface area contributed by atoms with Crippen molar-refractivity contribution in [2.24, 2.45) is 5.92 Å². The van der Waals surface area contributed by atoms with Crippen LogP contribution in [0.1, 0.15) is 80.9 Å². The van der Waals surface area contributed by atoms with Crippen molar-refractivity contribution in [2.45, 2.75) is 99.6 Å². The second-order valence-electron chi connectivity index (χ2n) is 14.2. The lowest BCUT2D eigenvalue weighted by molar-refractivity contribution is -0.141. The number of carbonyl (C=O) groups is 4. The highest BCUT2D eigenvalue weighted by Gasteiger charge is 2.62. The maximum atomic E-state index is 14.9. The summed E-state index contributed by atoms with van der Waals surface area (Å²) in [5.74, 6) is -7.43. The first kappa shape index (κ1) is 36.4. The number of ether oxygens (including phenoxy) is 1. The molecule has 3 N–H and O–H groups in total. The molecule has 2 saturated carbocycles. The molecule has 0 unspecified atom stereocenters. The molecule has 4 heterocycles. The van der Waals surface area contributed by atoms with Crippen molar-refractivity contribution in [1.82, 2.24) is 35.4 Å². The Morgan fingerprint density at radius 1 is 1.08 bits per heavy atom. The molecule has 4 aliphatic rings. The normalized spacial score (nSPS) is 26.8. The summed E-state index contributed by atoms with van der Waals surface area (Å²) >= 11 is 0. The van der Waals surface area contributed by atoms with Gasteiger partial charge < -0.3 is 24.8 Å². The summed E-state index contributed by atoms with van der Waals surface area (Å²) in [6.07, 6.45) is 7.38. The van der Waals surface area contributed by atoms with Crippen molar-refractivity contribution >= 4 is 44.7 Å². The van der Waals surface area contributed by atoms with Gasteiger partial charge in [0.25, 0.3) is 17.7 Å². The van der Waals surface area contributed by atoms with Crippen molar-refractivity contribution in [3.05, 3.63) is 60.1 Å². The summed E-state index contributed by atoms with van der Waals surface area (Å²) < 4.78 is 68.3. The summed E-state index contributed by atoms with van der Waals surface area (Å²) in [7, 11) is -3.96. The zero-order valence-electron chi connectivity index (χ0n) is 28.8. The highest BCUT2D eigenvalue weighted by atomic mass is 32.2. The van der Waals surface area contributed by atoms with Crippen molar-refractivity contribution in [2.75, 3.05) is 6.54 Å². The van der Waals surface area contributed by atoms with Crippen LogP contribution in [-0.2, 0) is 30.3 Å². The van der Waals surface area contributed by atoms with E-state index in [1.807, 2.05) is 6.08 Å². The zero-order chi connectivity index (χ0) is 37.5. The molecule has 18 heteroatoms. The number of carbonyl (C=O) groups excluding carboxylic acids is 4. The number of rotatable bonds is 8. The fraction of sp³-hybridized carbons (Fsp3) is 0.514. The predicted molar refractivity (Wildman–Crippen MR) is 183 cm³/mol. The third kappa shape index (κ3) is 7.72. The summed E-state index contributed by atoms with van der Waals surface area (Å²) in [5.41, 5.74) is -1.89. The molecule has 15 nitrogen and oxygen atoms in total. The van der Waals surface area contributed by atoms with Gasteiger partial charge in [-0.25, -0.2) is 18.4 Å². The van der Waals surface area contributed by atoms with Crippen LogP contribution in [0.2, 0.25) is 0 Å². The predicted octanol–water partition coefficient (Wildman–Crippen LogP) is 2.88. The van der Waals surface area contributed by atoms with Gasteiger partial charge in [0, 0.05) is 25.3 Å². The fourth-order valence-corrected chi connectivity index (χ4v) is 8.28. The molecule has 5 atom stereocenters. The molecule has 7 rings (SSSR count). The number of hydrogen-bond acceptors (Lipinski definition) is 11. The Morgan fingerprint density at radius 3 is 2.53 bits per heavy atom. The number of alkyl halides is 2. The molecule has 0 radical (unpaired) electrons. The minimum Gasteiger partial charge on any atom is -0.471 e. The Labute approximate surface area is 303 Å². The molecule has 4 amide bonds. The van der Waals surface area contributed by atoms with Gasteiger partial charge >= 0.3 is 0 Å². The summed E-state index contributed by atoms with van der Waals surface area (Å²) in [6, 6.07) is 5.31. The number of hydrogen-bond donors (Lipinski definition) is 3. The minimum absolute atomic E-state index is 0.0625. The summed E-state index contributed by atoms with van der Waals surface area (Å²) in [4.78, 5) is 65.0. The van der Waals surface area contributed by atoms with Crippen molar-refractivity contribution in [3.63, 3.8) is 0 Å². The highest BCUT2D eigenvalue weighted by Crippen LogP contribution is 2.46. The van der Waals surface area contributed by atoms with Gasteiger partial charge in [-0.15, -0.1) is 0 Å². The summed E-state index contributed by atoms with van der Waals surface area (Å²) in [5, 5.41) is 8.42. The van der Waals surface area contributed by atoms with Gasteiger partial charge in [0.2, 0.25) is 27.7 Å². The van der Waals surface area contributed by atoms with Crippen LogP contribution in [-0.4, -0.2) is 87.6 Å². The van der Waals surface area contributed by atoms with E-state index >= 15 is 0 Å². The number of aromatic nitrogens is 3. The molecule has 1 saturated heterocycles. The van der Waals surface area contributed by atoms with E-state index in [4.69, 9.17) is 9.26 Å². The van der Waals surface area contributed by atoms with Gasteiger partial charge in [0.15, 0.2) is 11.4 Å². The van der Waals surface area contributed by atoms with E-state index in [0.29, 0.717) is 39.0 Å². The topological polar surface area (TPSA) is 203 Å². The van der Waals surface area contributed by atoms with Crippen molar-refractivity contribution in [1.29, 1.82) is 0 Å². The number of amides is 4. The number of sulfonamides is 1. The number of fused-ring (bicyclic) bond motifs is 3. The van der Waals surface area contributed by atoms with Crippen molar-refractivity contribution < 1.29 is 45.6 Å². The number of nitrogens with one attached hydrogen (secondary N) is 3. The maximum Gasteiger partial charge on any atom is 0.292 e. The SMILES string of the molecule is CC(F)(F)c1nc2ccccc2nc1O[C@@H]1C[C@H]2C(=O)N[C@]3(C(=O)NS(=O)(=O)C4CC4)C[C@H]3C=CCCCCC[C@H](NC(=O)c3ccon3)C(=O)N2C1. The van der Waals surface area contributed by atoms with E-state index in [0.717, 1.165) is 6.42 Å². The lowest BCUT2D eigenvalue weighted by Crippen LogP contribution is -2.58. The molecular formula is C35H39F2N7O8S. The molecule has 282 valence electrons. The number of para-hydroxylation sites is 2. The second-order valence-corrected chi connectivity index (χ2v) is 16.1. The van der Waals surface area contributed by atoms with Gasteiger partial charge in [-0.1, -0.05) is 42.3 Å². The standard InChI is InChI=1S/C35H39F2N7O8S/c1-34(36,37)28-31(40-24-11-8-7-10-23(24)38-28)52-21-17-27-30(46)41-35(33(48)43-53(49,50)22-13-14-22)18-20(35)9-5-3-2-4-6-12-26(32(47)44(27)19-21)39-29(45)25-15-16-51-42-25/h5,7-11,15-16,20-22,26-27H,2-4,6,12-14,17-19H2,1H3,(H,39,45)(H,41,46)(H,43,48)/t20-,21-,26+,27+,35-/m1/s1. The molecule has 1 aromatic carbocycles. The van der Waals surface area contributed by atoms with Crippen molar-refractivity contribution in [3.8, 4) is 5.88 Å². The second kappa shape index (κ2) is 14.1. The lowest BCUT2D eigenvalue weighted by atomic mass is 10.0. The zero-order valence-corrected chi connectivity index (χ0v) is 29.6. The Morgan fingerprint density at radius 2 is 1.83 bits per heavy atom. The molecule has 2 aromatic heterocycles. The molecular weight excluding hydrogens is 716 g/mol. The van der Waals surface area contributed by atoms with Gasteiger partial charge in [0.1, 0.15) is 30.0 Å². The smallest absolute Gasteiger partial charge is 0.292 e. The fourth-order valence-electron chi connectivity index (χ4n) is 6.92. The third-order valence-corrected chi connectivity index (χ3v) is 11.9. The van der Waals surface area contributed by atoms with Crippen LogP contribution in [0.15, 0.2) is 53.3 Å². The van der Waals surface area contributed by atoms with Crippen LogP contribution < -0.4 is 20.1 Å². The number of allylic oxidation sites excluding steroid dienone is 1. The van der Waals surface area contributed by atoms with Gasteiger partial charge in [-0.2, -0.15) is 8.78 Å². The highest BCUT2D eigenvalue weighted by molar-refractivity contribution is 7.91. The van der Waals surface area contributed by atoms with Crippen LogP contribution in [0, 0.1) is 5.92 Å². The number of halogens is 2. The molecule has 3 fully saturated rings. The molecule has 53 heavy (non-hydrogen) atoms. The largest absolute Gasteiger partial charge is 0.471 e.